The van der Waals surface area contributed by atoms with Crippen molar-refractivity contribution in [3.63, 3.8) is 0 Å². The van der Waals surface area contributed by atoms with Crippen LogP contribution in [0.5, 0.6) is 0 Å². The molecule has 0 aromatic heterocycles. The lowest BCUT2D eigenvalue weighted by Crippen LogP contribution is -2.39. The summed E-state index contributed by atoms with van der Waals surface area (Å²) in [5.41, 5.74) is 1.50. The number of carbonyl (C=O) groups excluding carboxylic acids is 3. The number of nitrogens with one attached hydrogen (secondary N) is 1. The van der Waals surface area contributed by atoms with Gasteiger partial charge in [-0.15, -0.1) is 0 Å². The molecular formula is C17H24N2O4. The van der Waals surface area contributed by atoms with Crippen molar-refractivity contribution in [1.29, 1.82) is 0 Å². The summed E-state index contributed by atoms with van der Waals surface area (Å²) in [4.78, 5) is 36.1. The Balaban J connectivity index is 2.56. The van der Waals surface area contributed by atoms with Crippen LogP contribution in [-0.4, -0.2) is 49.9 Å². The highest BCUT2D eigenvalue weighted by Gasteiger charge is 2.17. The molecule has 1 rings (SSSR count). The minimum Gasteiger partial charge on any atom is -0.452 e. The van der Waals surface area contributed by atoms with Crippen molar-refractivity contribution < 1.29 is 19.1 Å². The Morgan fingerprint density at radius 1 is 1.13 bits per heavy atom. The van der Waals surface area contributed by atoms with Crippen molar-refractivity contribution in [1.82, 2.24) is 10.2 Å². The molecule has 0 saturated heterocycles. The fraction of sp³-hybridized carbons (Fsp3) is 0.471. The fourth-order valence-electron chi connectivity index (χ4n) is 1.81. The highest BCUT2D eigenvalue weighted by molar-refractivity contribution is 5.92. The van der Waals surface area contributed by atoms with Gasteiger partial charge in [-0.1, -0.05) is 32.9 Å². The molecule has 0 bridgehead atoms. The van der Waals surface area contributed by atoms with Gasteiger partial charge in [0.1, 0.15) is 0 Å². The fourth-order valence-corrected chi connectivity index (χ4v) is 1.81. The number of ether oxygens (including phenoxy) is 1. The number of likely N-dealkylation sites (N-methyl/N-ethyl adjacent to an activating group) is 2. The maximum absolute atomic E-state index is 11.9. The van der Waals surface area contributed by atoms with E-state index in [0.29, 0.717) is 5.56 Å². The smallest absolute Gasteiger partial charge is 0.338 e. The molecule has 0 radical (unpaired) electrons. The van der Waals surface area contributed by atoms with Crippen molar-refractivity contribution in [2.24, 2.45) is 0 Å². The zero-order chi connectivity index (χ0) is 17.6. The van der Waals surface area contributed by atoms with Crippen molar-refractivity contribution in [2.75, 3.05) is 27.2 Å². The Hall–Kier alpha value is -2.37. The van der Waals surface area contributed by atoms with E-state index >= 15 is 0 Å². The molecule has 1 N–H and O–H groups in total. The van der Waals surface area contributed by atoms with Crippen LogP contribution < -0.4 is 5.32 Å². The lowest BCUT2D eigenvalue weighted by molar-refractivity contribution is -0.137. The van der Waals surface area contributed by atoms with Gasteiger partial charge in [0.15, 0.2) is 6.61 Å². The topological polar surface area (TPSA) is 75.7 Å². The van der Waals surface area contributed by atoms with E-state index in [2.05, 4.69) is 26.1 Å². The number of amides is 2. The van der Waals surface area contributed by atoms with E-state index in [0.717, 1.165) is 5.56 Å². The van der Waals surface area contributed by atoms with Gasteiger partial charge in [0.2, 0.25) is 5.91 Å². The molecule has 0 saturated carbocycles. The number of hydrogen-bond acceptors (Lipinski definition) is 4. The van der Waals surface area contributed by atoms with Crippen LogP contribution in [0.25, 0.3) is 0 Å². The molecule has 126 valence electrons. The largest absolute Gasteiger partial charge is 0.452 e. The van der Waals surface area contributed by atoms with Crippen LogP contribution in [0.1, 0.15) is 36.7 Å². The summed E-state index contributed by atoms with van der Waals surface area (Å²) in [6.45, 7) is 5.78. The van der Waals surface area contributed by atoms with Gasteiger partial charge in [-0.3, -0.25) is 9.59 Å². The number of carbonyl (C=O) groups is 3. The molecule has 23 heavy (non-hydrogen) atoms. The van der Waals surface area contributed by atoms with Crippen LogP contribution in [-0.2, 0) is 19.7 Å². The first-order valence-electron chi connectivity index (χ1n) is 7.37. The molecule has 0 heterocycles. The van der Waals surface area contributed by atoms with Crippen LogP contribution in [0.2, 0.25) is 0 Å². The standard InChI is InChI=1S/C17H24N2O4/c1-17(2,3)13-8-6-12(7-9-13)16(22)23-11-15(21)19(5)10-14(20)18-4/h6-9H,10-11H2,1-5H3,(H,18,20). The van der Waals surface area contributed by atoms with E-state index < -0.39 is 18.5 Å². The molecule has 1 aromatic carbocycles. The summed E-state index contributed by atoms with van der Waals surface area (Å²) >= 11 is 0. The molecule has 6 heteroatoms. The SMILES string of the molecule is CNC(=O)CN(C)C(=O)COC(=O)c1ccc(C(C)(C)C)cc1. The van der Waals surface area contributed by atoms with Crippen LogP contribution in [0, 0.1) is 0 Å². The Morgan fingerprint density at radius 2 is 1.70 bits per heavy atom. The first kappa shape index (κ1) is 18.7. The van der Waals surface area contributed by atoms with Crippen LogP contribution in [0.4, 0.5) is 0 Å². The zero-order valence-electron chi connectivity index (χ0n) is 14.3. The minimum absolute atomic E-state index is 0.000956. The predicted octanol–water partition coefficient (Wildman–Crippen LogP) is 1.35. The van der Waals surface area contributed by atoms with E-state index in [9.17, 15) is 14.4 Å². The second kappa shape index (κ2) is 7.76. The van der Waals surface area contributed by atoms with Crippen LogP contribution in [0.15, 0.2) is 24.3 Å². The maximum atomic E-state index is 11.9. The van der Waals surface area contributed by atoms with Gasteiger partial charge in [0.25, 0.3) is 5.91 Å². The summed E-state index contributed by atoms with van der Waals surface area (Å²) in [5.74, 6) is -1.29. The molecule has 0 unspecified atom stereocenters. The van der Waals surface area contributed by atoms with Crippen molar-refractivity contribution >= 4 is 17.8 Å². The molecule has 0 aliphatic heterocycles. The molecule has 0 atom stereocenters. The van der Waals surface area contributed by atoms with Crippen LogP contribution >= 0.6 is 0 Å². The third-order valence-electron chi connectivity index (χ3n) is 3.40. The van der Waals surface area contributed by atoms with Gasteiger partial charge in [0, 0.05) is 14.1 Å². The van der Waals surface area contributed by atoms with E-state index in [-0.39, 0.29) is 17.9 Å². The van der Waals surface area contributed by atoms with Gasteiger partial charge in [-0.05, 0) is 23.1 Å². The zero-order valence-corrected chi connectivity index (χ0v) is 14.3. The molecule has 1 aromatic rings. The Kier molecular flexibility index (Phi) is 6.30. The molecule has 0 fully saturated rings. The quantitative estimate of drug-likeness (QED) is 0.831. The minimum atomic E-state index is -0.563. The third kappa shape index (κ3) is 5.73. The Morgan fingerprint density at radius 3 is 2.17 bits per heavy atom. The molecule has 0 spiro atoms. The number of rotatable bonds is 5. The Bertz CT molecular complexity index is 573. The summed E-state index contributed by atoms with van der Waals surface area (Å²) < 4.78 is 4.99. The first-order valence-corrected chi connectivity index (χ1v) is 7.37. The highest BCUT2D eigenvalue weighted by atomic mass is 16.5. The molecule has 0 aliphatic rings. The predicted molar refractivity (Wildman–Crippen MR) is 87.1 cm³/mol. The molecule has 2 amide bonds. The number of esters is 1. The van der Waals surface area contributed by atoms with Gasteiger partial charge in [-0.2, -0.15) is 0 Å². The number of benzene rings is 1. The number of hydrogen-bond donors (Lipinski definition) is 1. The monoisotopic (exact) mass is 320 g/mol. The Labute approximate surface area is 136 Å². The summed E-state index contributed by atoms with van der Waals surface area (Å²) in [6.07, 6.45) is 0. The van der Waals surface area contributed by atoms with Crippen LogP contribution in [0.3, 0.4) is 0 Å². The summed E-state index contributed by atoms with van der Waals surface area (Å²) in [6, 6.07) is 7.11. The van der Waals surface area contributed by atoms with Gasteiger partial charge >= 0.3 is 5.97 Å². The van der Waals surface area contributed by atoms with E-state index in [1.807, 2.05) is 12.1 Å². The molecular weight excluding hydrogens is 296 g/mol. The lowest BCUT2D eigenvalue weighted by atomic mass is 9.87. The van der Waals surface area contributed by atoms with E-state index in [4.69, 9.17) is 4.74 Å². The van der Waals surface area contributed by atoms with Crippen molar-refractivity contribution in [3.05, 3.63) is 35.4 Å². The second-order valence-electron chi connectivity index (χ2n) is 6.33. The van der Waals surface area contributed by atoms with Crippen molar-refractivity contribution in [3.8, 4) is 0 Å². The average molecular weight is 320 g/mol. The number of nitrogens with zero attached hydrogens (tertiary/aromatic N) is 1. The van der Waals surface area contributed by atoms with Gasteiger partial charge in [-0.25, -0.2) is 4.79 Å². The summed E-state index contributed by atoms with van der Waals surface area (Å²) in [7, 11) is 2.96. The molecule has 6 nitrogen and oxygen atoms in total. The third-order valence-corrected chi connectivity index (χ3v) is 3.40. The average Bonchev–Trinajstić information content (AvgIpc) is 2.51. The molecule has 0 aliphatic carbocycles. The van der Waals surface area contributed by atoms with E-state index in [1.54, 1.807) is 12.1 Å². The van der Waals surface area contributed by atoms with E-state index in [1.165, 1.54) is 19.0 Å². The van der Waals surface area contributed by atoms with Gasteiger partial charge < -0.3 is 15.0 Å². The van der Waals surface area contributed by atoms with Crippen molar-refractivity contribution in [2.45, 2.75) is 26.2 Å². The normalized spacial score (nSPS) is 10.8. The first-order chi connectivity index (χ1) is 10.6. The van der Waals surface area contributed by atoms with Gasteiger partial charge in [0.05, 0.1) is 12.1 Å². The second-order valence-corrected chi connectivity index (χ2v) is 6.33. The lowest BCUT2D eigenvalue weighted by Gasteiger charge is -2.19. The summed E-state index contributed by atoms with van der Waals surface area (Å²) in [5, 5.41) is 2.42. The maximum Gasteiger partial charge on any atom is 0.338 e. The highest BCUT2D eigenvalue weighted by Crippen LogP contribution is 2.22.